The van der Waals surface area contributed by atoms with Crippen LogP contribution in [0, 0.1) is 0 Å². The SMILES string of the molecule is CC(=O)CC1CCOCCN1C(=O)OC(C)(C)C. The number of amides is 1. The van der Waals surface area contributed by atoms with E-state index in [4.69, 9.17) is 9.47 Å². The van der Waals surface area contributed by atoms with Gasteiger partial charge in [-0.05, 0) is 34.1 Å². The Labute approximate surface area is 108 Å². The number of ketones is 1. The van der Waals surface area contributed by atoms with Crippen LogP contribution in [0.1, 0.15) is 40.5 Å². The first kappa shape index (κ1) is 15.0. The summed E-state index contributed by atoms with van der Waals surface area (Å²) in [4.78, 5) is 25.0. The van der Waals surface area contributed by atoms with Crippen LogP contribution < -0.4 is 0 Å². The van der Waals surface area contributed by atoms with Crippen LogP contribution in [0.15, 0.2) is 0 Å². The van der Waals surface area contributed by atoms with E-state index in [1.54, 1.807) is 11.8 Å². The van der Waals surface area contributed by atoms with Crippen LogP contribution in [-0.4, -0.2) is 48.2 Å². The Morgan fingerprint density at radius 3 is 2.56 bits per heavy atom. The molecule has 18 heavy (non-hydrogen) atoms. The zero-order chi connectivity index (χ0) is 13.8. The van der Waals surface area contributed by atoms with Gasteiger partial charge in [0.05, 0.1) is 6.61 Å². The molecule has 1 atom stereocenters. The molecule has 1 aliphatic rings. The fourth-order valence-corrected chi connectivity index (χ4v) is 1.93. The minimum absolute atomic E-state index is 0.0791. The quantitative estimate of drug-likeness (QED) is 0.759. The van der Waals surface area contributed by atoms with E-state index in [9.17, 15) is 9.59 Å². The van der Waals surface area contributed by atoms with E-state index in [1.807, 2.05) is 20.8 Å². The van der Waals surface area contributed by atoms with Crippen LogP contribution in [0.2, 0.25) is 0 Å². The van der Waals surface area contributed by atoms with Crippen molar-refractivity contribution in [3.05, 3.63) is 0 Å². The molecule has 0 aromatic carbocycles. The largest absolute Gasteiger partial charge is 0.444 e. The van der Waals surface area contributed by atoms with Gasteiger partial charge in [-0.2, -0.15) is 0 Å². The summed E-state index contributed by atoms with van der Waals surface area (Å²) < 4.78 is 10.7. The van der Waals surface area contributed by atoms with Crippen molar-refractivity contribution in [1.82, 2.24) is 4.90 Å². The summed E-state index contributed by atoms with van der Waals surface area (Å²) in [6.07, 6.45) is 0.681. The zero-order valence-corrected chi connectivity index (χ0v) is 11.7. The molecular formula is C13H23NO4. The van der Waals surface area contributed by atoms with Gasteiger partial charge in [0.15, 0.2) is 0 Å². The molecule has 1 amide bonds. The van der Waals surface area contributed by atoms with Crippen molar-refractivity contribution in [2.75, 3.05) is 19.8 Å². The summed E-state index contributed by atoms with van der Waals surface area (Å²) in [7, 11) is 0. The molecule has 1 rings (SSSR count). The van der Waals surface area contributed by atoms with E-state index in [2.05, 4.69) is 0 Å². The number of nitrogens with zero attached hydrogens (tertiary/aromatic N) is 1. The summed E-state index contributed by atoms with van der Waals surface area (Å²) in [6.45, 7) is 8.59. The number of ether oxygens (including phenoxy) is 2. The third-order valence-electron chi connectivity index (χ3n) is 2.66. The maximum atomic E-state index is 12.1. The monoisotopic (exact) mass is 257 g/mol. The van der Waals surface area contributed by atoms with Gasteiger partial charge in [0.1, 0.15) is 11.4 Å². The van der Waals surface area contributed by atoms with Gasteiger partial charge in [0, 0.05) is 25.6 Å². The fraction of sp³-hybridized carbons (Fsp3) is 0.846. The number of hydrogen-bond acceptors (Lipinski definition) is 4. The van der Waals surface area contributed by atoms with E-state index >= 15 is 0 Å². The maximum Gasteiger partial charge on any atom is 0.410 e. The van der Waals surface area contributed by atoms with E-state index in [0.717, 1.165) is 0 Å². The Bertz CT molecular complexity index is 309. The second-order valence-electron chi connectivity index (χ2n) is 5.63. The number of Topliss-reactive ketones (excluding diaryl/α,β-unsaturated/α-hetero) is 1. The lowest BCUT2D eigenvalue weighted by Crippen LogP contribution is -2.44. The average Bonchev–Trinajstić information content (AvgIpc) is 2.39. The Kier molecular flexibility index (Phi) is 5.14. The summed E-state index contributed by atoms with van der Waals surface area (Å²) in [5.74, 6) is 0.0791. The highest BCUT2D eigenvalue weighted by molar-refractivity contribution is 5.77. The molecular weight excluding hydrogens is 234 g/mol. The Hall–Kier alpha value is -1.10. The topological polar surface area (TPSA) is 55.8 Å². The second-order valence-corrected chi connectivity index (χ2v) is 5.63. The molecule has 0 spiro atoms. The van der Waals surface area contributed by atoms with Crippen molar-refractivity contribution < 1.29 is 19.1 Å². The smallest absolute Gasteiger partial charge is 0.410 e. The van der Waals surface area contributed by atoms with Crippen molar-refractivity contribution in [1.29, 1.82) is 0 Å². The molecule has 0 bridgehead atoms. The summed E-state index contributed by atoms with van der Waals surface area (Å²) in [5.41, 5.74) is -0.523. The Morgan fingerprint density at radius 1 is 1.33 bits per heavy atom. The van der Waals surface area contributed by atoms with Crippen LogP contribution in [0.5, 0.6) is 0 Å². The molecule has 0 aliphatic carbocycles. The molecule has 1 fully saturated rings. The van der Waals surface area contributed by atoms with E-state index < -0.39 is 5.60 Å². The molecule has 0 aromatic heterocycles. The lowest BCUT2D eigenvalue weighted by molar-refractivity contribution is -0.118. The summed E-state index contributed by atoms with van der Waals surface area (Å²) >= 11 is 0. The number of rotatable bonds is 2. The van der Waals surface area contributed by atoms with E-state index in [-0.39, 0.29) is 17.9 Å². The number of carbonyl (C=O) groups excluding carboxylic acids is 2. The highest BCUT2D eigenvalue weighted by atomic mass is 16.6. The van der Waals surface area contributed by atoms with Crippen molar-refractivity contribution in [2.24, 2.45) is 0 Å². The number of carbonyl (C=O) groups is 2. The summed E-state index contributed by atoms with van der Waals surface area (Å²) in [5, 5.41) is 0. The van der Waals surface area contributed by atoms with E-state index in [0.29, 0.717) is 32.6 Å². The first-order valence-electron chi connectivity index (χ1n) is 6.36. The molecule has 1 saturated heterocycles. The van der Waals surface area contributed by atoms with Gasteiger partial charge in [0.25, 0.3) is 0 Å². The van der Waals surface area contributed by atoms with Gasteiger partial charge in [-0.3, -0.25) is 4.79 Å². The van der Waals surface area contributed by atoms with Gasteiger partial charge in [-0.25, -0.2) is 4.79 Å². The van der Waals surface area contributed by atoms with Crippen LogP contribution in [0.4, 0.5) is 4.79 Å². The highest BCUT2D eigenvalue weighted by Crippen LogP contribution is 2.17. The van der Waals surface area contributed by atoms with Gasteiger partial charge in [0.2, 0.25) is 0 Å². The molecule has 5 heteroatoms. The standard InChI is InChI=1S/C13H23NO4/c1-10(15)9-11-5-7-17-8-6-14(11)12(16)18-13(2,3)4/h11H,5-9H2,1-4H3. The molecule has 0 saturated carbocycles. The van der Waals surface area contributed by atoms with Gasteiger partial charge in [-0.15, -0.1) is 0 Å². The normalized spacial score (nSPS) is 21.3. The summed E-state index contributed by atoms with van der Waals surface area (Å²) in [6, 6.07) is -0.111. The van der Waals surface area contributed by atoms with Crippen molar-refractivity contribution in [3.63, 3.8) is 0 Å². The van der Waals surface area contributed by atoms with Crippen LogP contribution in [0.3, 0.4) is 0 Å². The van der Waals surface area contributed by atoms with Crippen molar-refractivity contribution in [3.8, 4) is 0 Å². The molecule has 104 valence electrons. The first-order valence-corrected chi connectivity index (χ1v) is 6.36. The average molecular weight is 257 g/mol. The second kappa shape index (κ2) is 6.18. The third-order valence-corrected chi connectivity index (χ3v) is 2.66. The molecule has 5 nitrogen and oxygen atoms in total. The predicted molar refractivity (Wildman–Crippen MR) is 67.5 cm³/mol. The maximum absolute atomic E-state index is 12.1. The van der Waals surface area contributed by atoms with Crippen LogP contribution in [0.25, 0.3) is 0 Å². The molecule has 0 N–H and O–H groups in total. The van der Waals surface area contributed by atoms with Crippen LogP contribution in [-0.2, 0) is 14.3 Å². The minimum atomic E-state index is -0.523. The van der Waals surface area contributed by atoms with Gasteiger partial charge < -0.3 is 14.4 Å². The van der Waals surface area contributed by atoms with E-state index in [1.165, 1.54) is 0 Å². The Balaban J connectivity index is 2.72. The predicted octanol–water partition coefficient (Wildman–Crippen LogP) is 1.99. The van der Waals surface area contributed by atoms with Gasteiger partial charge >= 0.3 is 6.09 Å². The third kappa shape index (κ3) is 5.04. The first-order chi connectivity index (χ1) is 8.29. The van der Waals surface area contributed by atoms with Crippen LogP contribution >= 0.6 is 0 Å². The van der Waals surface area contributed by atoms with Crippen molar-refractivity contribution >= 4 is 11.9 Å². The molecule has 1 unspecified atom stereocenters. The lowest BCUT2D eigenvalue weighted by atomic mass is 10.1. The fourth-order valence-electron chi connectivity index (χ4n) is 1.93. The zero-order valence-electron chi connectivity index (χ0n) is 11.7. The lowest BCUT2D eigenvalue weighted by Gasteiger charge is -2.31. The molecule has 1 aliphatic heterocycles. The molecule has 0 radical (unpaired) electrons. The van der Waals surface area contributed by atoms with Gasteiger partial charge in [-0.1, -0.05) is 0 Å². The number of hydrogen-bond donors (Lipinski definition) is 0. The molecule has 0 aromatic rings. The minimum Gasteiger partial charge on any atom is -0.444 e. The van der Waals surface area contributed by atoms with Crippen molar-refractivity contribution in [2.45, 2.75) is 52.2 Å². The Morgan fingerprint density at radius 2 is 2.00 bits per heavy atom. The molecule has 1 heterocycles. The highest BCUT2D eigenvalue weighted by Gasteiger charge is 2.30.